The van der Waals surface area contributed by atoms with Crippen LogP contribution < -0.4 is 15.4 Å². The van der Waals surface area contributed by atoms with Crippen LogP contribution in [0.1, 0.15) is 35.3 Å². The van der Waals surface area contributed by atoms with E-state index in [9.17, 15) is 4.79 Å². The van der Waals surface area contributed by atoms with Gasteiger partial charge < -0.3 is 10.1 Å². The average molecular weight is 356 g/mol. The van der Waals surface area contributed by atoms with Gasteiger partial charge in [-0.05, 0) is 67.4 Å². The summed E-state index contributed by atoms with van der Waals surface area (Å²) < 4.78 is 5.62. The third-order valence-electron chi connectivity index (χ3n) is 3.65. The lowest BCUT2D eigenvalue weighted by Gasteiger charge is -2.14. The summed E-state index contributed by atoms with van der Waals surface area (Å²) in [5.74, 6) is 0.956. The summed E-state index contributed by atoms with van der Waals surface area (Å²) in [5, 5.41) is 6.09. The predicted molar refractivity (Wildman–Crippen MR) is 106 cm³/mol. The fraction of sp³-hybridized carbons (Fsp3) is 0.300. The molecule has 0 bridgehead atoms. The number of nitrogens with one attached hydrogen (secondary N) is 2. The second-order valence-corrected chi connectivity index (χ2v) is 6.81. The molecule has 5 heteroatoms. The quantitative estimate of drug-likeness (QED) is 0.777. The van der Waals surface area contributed by atoms with Gasteiger partial charge in [0.15, 0.2) is 5.11 Å². The fourth-order valence-electron chi connectivity index (χ4n) is 2.30. The summed E-state index contributed by atoms with van der Waals surface area (Å²) in [7, 11) is 0. The van der Waals surface area contributed by atoms with Crippen molar-refractivity contribution < 1.29 is 9.53 Å². The molecular formula is C20H24N2O2S. The lowest BCUT2D eigenvalue weighted by Crippen LogP contribution is -2.34. The van der Waals surface area contributed by atoms with Crippen LogP contribution in [0.3, 0.4) is 0 Å². The molecule has 2 aromatic carbocycles. The normalized spacial score (nSPS) is 10.4. The van der Waals surface area contributed by atoms with Gasteiger partial charge >= 0.3 is 0 Å². The van der Waals surface area contributed by atoms with E-state index in [-0.39, 0.29) is 11.0 Å². The van der Waals surface area contributed by atoms with Crippen molar-refractivity contribution in [2.24, 2.45) is 5.92 Å². The molecule has 0 aromatic heterocycles. The van der Waals surface area contributed by atoms with Crippen LogP contribution in [-0.4, -0.2) is 17.6 Å². The minimum atomic E-state index is -0.251. The number of benzene rings is 2. The number of thiocarbonyl (C=S) groups is 1. The van der Waals surface area contributed by atoms with Gasteiger partial charge in [-0.25, -0.2) is 0 Å². The highest BCUT2D eigenvalue weighted by Crippen LogP contribution is 2.19. The molecule has 4 nitrogen and oxygen atoms in total. The van der Waals surface area contributed by atoms with Crippen molar-refractivity contribution in [3.8, 4) is 5.75 Å². The van der Waals surface area contributed by atoms with Crippen molar-refractivity contribution in [1.29, 1.82) is 0 Å². The number of para-hydroxylation sites is 1. The van der Waals surface area contributed by atoms with Crippen molar-refractivity contribution >= 4 is 28.9 Å². The van der Waals surface area contributed by atoms with Gasteiger partial charge in [-0.3, -0.25) is 10.1 Å². The zero-order valence-electron chi connectivity index (χ0n) is 15.1. The Bertz CT molecular complexity index is 735. The summed E-state index contributed by atoms with van der Waals surface area (Å²) in [4.78, 5) is 12.3. The minimum Gasteiger partial charge on any atom is -0.493 e. The number of carbonyl (C=O) groups excluding carboxylic acids is 1. The Labute approximate surface area is 154 Å². The first-order valence-corrected chi connectivity index (χ1v) is 8.69. The molecule has 0 aliphatic carbocycles. The Hall–Kier alpha value is -2.40. The number of anilines is 1. The molecule has 0 atom stereocenters. The van der Waals surface area contributed by atoms with Gasteiger partial charge in [0, 0.05) is 11.3 Å². The largest absolute Gasteiger partial charge is 0.493 e. The predicted octanol–water partition coefficient (Wildman–Crippen LogP) is 4.47. The molecule has 0 heterocycles. The van der Waals surface area contributed by atoms with Crippen molar-refractivity contribution in [3.05, 3.63) is 59.2 Å². The first-order valence-electron chi connectivity index (χ1n) is 8.28. The van der Waals surface area contributed by atoms with Crippen LogP contribution in [0.4, 0.5) is 5.69 Å². The molecular weight excluding hydrogens is 332 g/mol. The molecule has 0 aliphatic heterocycles. The van der Waals surface area contributed by atoms with Crippen molar-refractivity contribution in [1.82, 2.24) is 5.32 Å². The number of aryl methyl sites for hydroxylation is 2. The number of ether oxygens (including phenoxy) is 1. The Balaban J connectivity index is 1.96. The minimum absolute atomic E-state index is 0.251. The summed E-state index contributed by atoms with van der Waals surface area (Å²) >= 11 is 5.26. The van der Waals surface area contributed by atoms with Crippen LogP contribution in [0.5, 0.6) is 5.75 Å². The maximum atomic E-state index is 12.3. The molecule has 0 radical (unpaired) electrons. The van der Waals surface area contributed by atoms with E-state index >= 15 is 0 Å². The van der Waals surface area contributed by atoms with Gasteiger partial charge in [-0.2, -0.15) is 0 Å². The van der Waals surface area contributed by atoms with Crippen LogP contribution >= 0.6 is 12.2 Å². The first kappa shape index (κ1) is 18.9. The first-order chi connectivity index (χ1) is 11.9. The number of hydrogen-bond acceptors (Lipinski definition) is 3. The second kappa shape index (κ2) is 8.62. The van der Waals surface area contributed by atoms with Gasteiger partial charge in [0.05, 0.1) is 6.61 Å². The number of carbonyl (C=O) groups is 1. The second-order valence-electron chi connectivity index (χ2n) is 6.40. The third kappa shape index (κ3) is 5.57. The highest BCUT2D eigenvalue weighted by Gasteiger charge is 2.10. The molecule has 2 N–H and O–H groups in total. The Morgan fingerprint density at radius 2 is 1.68 bits per heavy atom. The number of rotatable bonds is 5. The van der Waals surface area contributed by atoms with E-state index in [1.807, 2.05) is 32.0 Å². The standard InChI is InChI=1S/C20H24N2O2S/c1-13(2)12-24-17-10-8-16(9-11-17)19(23)22-20(25)21-18-14(3)6-5-7-15(18)4/h5-11,13H,12H2,1-4H3,(H2,21,22,23,25). The van der Waals surface area contributed by atoms with Gasteiger partial charge in [0.25, 0.3) is 5.91 Å². The molecule has 0 unspecified atom stereocenters. The highest BCUT2D eigenvalue weighted by molar-refractivity contribution is 7.80. The van der Waals surface area contributed by atoms with E-state index in [1.165, 1.54) is 0 Å². The van der Waals surface area contributed by atoms with E-state index in [0.717, 1.165) is 22.6 Å². The van der Waals surface area contributed by atoms with Crippen LogP contribution in [0.25, 0.3) is 0 Å². The van der Waals surface area contributed by atoms with Crippen LogP contribution in [-0.2, 0) is 0 Å². The van der Waals surface area contributed by atoms with Gasteiger partial charge in [-0.15, -0.1) is 0 Å². The molecule has 1 amide bonds. The summed E-state index contributed by atoms with van der Waals surface area (Å²) in [6.45, 7) is 8.82. The van der Waals surface area contributed by atoms with Crippen molar-refractivity contribution in [3.63, 3.8) is 0 Å². The molecule has 0 saturated heterocycles. The molecule has 132 valence electrons. The van der Waals surface area contributed by atoms with Crippen molar-refractivity contribution in [2.45, 2.75) is 27.7 Å². The SMILES string of the molecule is Cc1cccc(C)c1NC(=S)NC(=O)c1ccc(OCC(C)C)cc1. The number of hydrogen-bond donors (Lipinski definition) is 2. The molecule has 0 aliphatic rings. The Kier molecular flexibility index (Phi) is 6.53. The Morgan fingerprint density at radius 1 is 1.08 bits per heavy atom. The summed E-state index contributed by atoms with van der Waals surface area (Å²) in [6, 6.07) is 13.0. The fourth-order valence-corrected chi connectivity index (χ4v) is 2.49. The zero-order chi connectivity index (χ0) is 18.4. The topological polar surface area (TPSA) is 50.4 Å². The summed E-state index contributed by atoms with van der Waals surface area (Å²) in [5.41, 5.74) is 3.60. The van der Waals surface area contributed by atoms with Crippen LogP contribution in [0.2, 0.25) is 0 Å². The van der Waals surface area contributed by atoms with E-state index in [1.54, 1.807) is 24.3 Å². The smallest absolute Gasteiger partial charge is 0.257 e. The third-order valence-corrected chi connectivity index (χ3v) is 3.85. The molecule has 0 spiro atoms. The maximum absolute atomic E-state index is 12.3. The van der Waals surface area contributed by atoms with E-state index in [4.69, 9.17) is 17.0 Å². The maximum Gasteiger partial charge on any atom is 0.257 e. The van der Waals surface area contributed by atoms with Gasteiger partial charge in [0.2, 0.25) is 0 Å². The van der Waals surface area contributed by atoms with E-state index < -0.39 is 0 Å². The van der Waals surface area contributed by atoms with E-state index in [0.29, 0.717) is 18.1 Å². The average Bonchev–Trinajstić information content (AvgIpc) is 2.57. The zero-order valence-corrected chi connectivity index (χ0v) is 15.9. The number of amides is 1. The lowest BCUT2D eigenvalue weighted by molar-refractivity contribution is 0.0977. The lowest BCUT2D eigenvalue weighted by atomic mass is 10.1. The molecule has 2 aromatic rings. The van der Waals surface area contributed by atoms with Gasteiger partial charge in [0.1, 0.15) is 5.75 Å². The molecule has 0 saturated carbocycles. The van der Waals surface area contributed by atoms with Crippen LogP contribution in [0.15, 0.2) is 42.5 Å². The molecule has 0 fully saturated rings. The van der Waals surface area contributed by atoms with Gasteiger partial charge in [-0.1, -0.05) is 32.0 Å². The van der Waals surface area contributed by atoms with Crippen molar-refractivity contribution in [2.75, 3.05) is 11.9 Å². The Morgan fingerprint density at radius 3 is 2.24 bits per heavy atom. The molecule has 25 heavy (non-hydrogen) atoms. The monoisotopic (exact) mass is 356 g/mol. The van der Waals surface area contributed by atoms with Crippen LogP contribution in [0, 0.1) is 19.8 Å². The van der Waals surface area contributed by atoms with E-state index in [2.05, 4.69) is 24.5 Å². The molecule has 2 rings (SSSR count). The summed E-state index contributed by atoms with van der Waals surface area (Å²) in [6.07, 6.45) is 0. The highest BCUT2D eigenvalue weighted by atomic mass is 32.1.